The third-order valence-electron chi connectivity index (χ3n) is 2.56. The van der Waals surface area contributed by atoms with Gasteiger partial charge in [0.25, 0.3) is 0 Å². The average molecular weight is 292 g/mol. The van der Waals surface area contributed by atoms with Gasteiger partial charge in [-0.3, -0.25) is 0 Å². The van der Waals surface area contributed by atoms with Crippen molar-refractivity contribution >= 4 is 22.9 Å². The van der Waals surface area contributed by atoms with Crippen LogP contribution in [0.4, 0.5) is 13.2 Å². The predicted octanol–water partition coefficient (Wildman–Crippen LogP) is 4.47. The molecule has 2 rings (SSSR count). The molecule has 0 saturated carbocycles. The van der Waals surface area contributed by atoms with Gasteiger partial charge in [0.05, 0.1) is 11.6 Å². The number of nitrogens with two attached hydrogens (primary N) is 1. The maximum Gasteiger partial charge on any atom is 0.416 e. The van der Waals surface area contributed by atoms with Crippen LogP contribution in [0.25, 0.3) is 0 Å². The number of halogens is 4. The highest BCUT2D eigenvalue weighted by molar-refractivity contribution is 7.08. The van der Waals surface area contributed by atoms with Crippen molar-refractivity contribution in [2.45, 2.75) is 12.2 Å². The molecule has 0 unspecified atom stereocenters. The molecule has 1 aromatic carbocycles. The summed E-state index contributed by atoms with van der Waals surface area (Å²) in [5.41, 5.74) is 5.78. The number of thiophene rings is 1. The summed E-state index contributed by atoms with van der Waals surface area (Å²) in [6, 6.07) is 4.56. The van der Waals surface area contributed by atoms with E-state index in [1.54, 1.807) is 16.8 Å². The topological polar surface area (TPSA) is 26.0 Å². The summed E-state index contributed by atoms with van der Waals surface area (Å²) in [4.78, 5) is 0. The first kappa shape index (κ1) is 13.4. The van der Waals surface area contributed by atoms with E-state index in [9.17, 15) is 13.2 Å². The monoisotopic (exact) mass is 291 g/mol. The van der Waals surface area contributed by atoms with Crippen molar-refractivity contribution in [1.82, 2.24) is 0 Å². The Morgan fingerprint density at radius 2 is 1.94 bits per heavy atom. The van der Waals surface area contributed by atoms with E-state index in [-0.39, 0.29) is 10.6 Å². The molecular weight excluding hydrogens is 283 g/mol. The Morgan fingerprint density at radius 1 is 1.22 bits per heavy atom. The molecule has 0 fully saturated rings. The Labute approximate surface area is 111 Å². The van der Waals surface area contributed by atoms with Gasteiger partial charge in [0.15, 0.2) is 0 Å². The van der Waals surface area contributed by atoms with E-state index >= 15 is 0 Å². The van der Waals surface area contributed by atoms with E-state index in [0.29, 0.717) is 5.56 Å². The van der Waals surface area contributed by atoms with E-state index in [2.05, 4.69) is 0 Å². The molecule has 96 valence electrons. The molecule has 0 aliphatic rings. The highest BCUT2D eigenvalue weighted by Gasteiger charge is 2.35. The number of rotatable bonds is 2. The maximum absolute atomic E-state index is 12.9. The fourth-order valence-corrected chi connectivity index (χ4v) is 2.55. The van der Waals surface area contributed by atoms with Crippen LogP contribution >= 0.6 is 22.9 Å². The van der Waals surface area contributed by atoms with Gasteiger partial charge in [-0.2, -0.15) is 24.5 Å². The highest BCUT2D eigenvalue weighted by Crippen LogP contribution is 2.37. The van der Waals surface area contributed by atoms with Crippen LogP contribution in [-0.2, 0) is 6.18 Å². The lowest BCUT2D eigenvalue weighted by molar-refractivity contribution is -0.138. The summed E-state index contributed by atoms with van der Waals surface area (Å²) in [6.45, 7) is 0. The molecule has 1 nitrogen and oxygen atoms in total. The van der Waals surface area contributed by atoms with Gasteiger partial charge in [-0.25, -0.2) is 0 Å². The molecule has 1 atom stereocenters. The molecule has 0 saturated heterocycles. The van der Waals surface area contributed by atoms with Gasteiger partial charge in [0, 0.05) is 5.02 Å². The van der Waals surface area contributed by atoms with Gasteiger partial charge in [-0.15, -0.1) is 0 Å². The summed E-state index contributed by atoms with van der Waals surface area (Å²) in [5.74, 6) is 0. The average Bonchev–Trinajstić information content (AvgIpc) is 2.80. The van der Waals surface area contributed by atoms with Crippen molar-refractivity contribution in [1.29, 1.82) is 0 Å². The van der Waals surface area contributed by atoms with E-state index in [1.165, 1.54) is 23.5 Å². The highest BCUT2D eigenvalue weighted by atomic mass is 35.5. The third-order valence-corrected chi connectivity index (χ3v) is 3.49. The zero-order valence-corrected chi connectivity index (χ0v) is 10.6. The van der Waals surface area contributed by atoms with Gasteiger partial charge in [-0.1, -0.05) is 17.7 Å². The van der Waals surface area contributed by atoms with Crippen LogP contribution in [0.15, 0.2) is 35.0 Å². The normalized spacial score (nSPS) is 13.6. The SMILES string of the molecule is N[C@@H](c1ccsc1)c1ccc(Cl)cc1C(F)(F)F. The first-order valence-electron chi connectivity index (χ1n) is 5.04. The molecule has 2 aromatic rings. The second-order valence-electron chi connectivity index (χ2n) is 3.76. The van der Waals surface area contributed by atoms with Crippen LogP contribution in [-0.4, -0.2) is 0 Å². The summed E-state index contributed by atoms with van der Waals surface area (Å²) >= 11 is 7.01. The van der Waals surface area contributed by atoms with Crippen LogP contribution in [0.3, 0.4) is 0 Å². The first-order chi connectivity index (χ1) is 8.39. The quantitative estimate of drug-likeness (QED) is 0.868. The lowest BCUT2D eigenvalue weighted by Gasteiger charge is -2.18. The summed E-state index contributed by atoms with van der Waals surface area (Å²) in [7, 11) is 0. The zero-order chi connectivity index (χ0) is 13.3. The molecule has 0 bridgehead atoms. The van der Waals surface area contributed by atoms with E-state index in [0.717, 1.165) is 6.07 Å². The Balaban J connectivity index is 2.51. The van der Waals surface area contributed by atoms with Crippen molar-refractivity contribution in [3.05, 3.63) is 56.7 Å². The van der Waals surface area contributed by atoms with Crippen LogP contribution < -0.4 is 5.73 Å². The molecule has 6 heteroatoms. The predicted molar refractivity (Wildman–Crippen MR) is 66.8 cm³/mol. The van der Waals surface area contributed by atoms with Crippen molar-refractivity contribution in [3.8, 4) is 0 Å². The van der Waals surface area contributed by atoms with Gasteiger partial charge < -0.3 is 5.73 Å². The Bertz CT molecular complexity index is 537. The van der Waals surface area contributed by atoms with Crippen molar-refractivity contribution in [3.63, 3.8) is 0 Å². The van der Waals surface area contributed by atoms with Gasteiger partial charge in [0.2, 0.25) is 0 Å². The fourth-order valence-electron chi connectivity index (χ4n) is 1.68. The number of alkyl halides is 3. The molecule has 0 aliphatic carbocycles. The van der Waals surface area contributed by atoms with E-state index in [4.69, 9.17) is 17.3 Å². The summed E-state index contributed by atoms with van der Waals surface area (Å²) < 4.78 is 38.8. The Hall–Kier alpha value is -1.04. The lowest BCUT2D eigenvalue weighted by atomic mass is 9.96. The maximum atomic E-state index is 12.9. The molecule has 1 heterocycles. The smallest absolute Gasteiger partial charge is 0.320 e. The van der Waals surface area contributed by atoms with Crippen molar-refractivity contribution in [2.24, 2.45) is 5.73 Å². The number of benzene rings is 1. The fraction of sp³-hybridized carbons (Fsp3) is 0.167. The summed E-state index contributed by atoms with van der Waals surface area (Å²) in [6.07, 6.45) is -4.46. The van der Waals surface area contributed by atoms with Crippen molar-refractivity contribution in [2.75, 3.05) is 0 Å². The van der Waals surface area contributed by atoms with Gasteiger partial charge in [-0.05, 0) is 40.1 Å². The zero-order valence-electron chi connectivity index (χ0n) is 9.04. The molecule has 0 amide bonds. The molecule has 0 spiro atoms. The lowest BCUT2D eigenvalue weighted by Crippen LogP contribution is -2.18. The molecular formula is C12H9ClF3NS. The second kappa shape index (κ2) is 4.91. The Morgan fingerprint density at radius 3 is 2.50 bits per heavy atom. The third kappa shape index (κ3) is 2.68. The minimum absolute atomic E-state index is 0.0327. The van der Waals surface area contributed by atoms with Crippen LogP contribution in [0.1, 0.15) is 22.7 Å². The second-order valence-corrected chi connectivity index (χ2v) is 4.98. The first-order valence-corrected chi connectivity index (χ1v) is 6.36. The van der Waals surface area contributed by atoms with E-state index < -0.39 is 17.8 Å². The number of hydrogen-bond donors (Lipinski definition) is 1. The largest absolute Gasteiger partial charge is 0.416 e. The van der Waals surface area contributed by atoms with Crippen LogP contribution in [0, 0.1) is 0 Å². The molecule has 2 N–H and O–H groups in total. The van der Waals surface area contributed by atoms with Crippen LogP contribution in [0.5, 0.6) is 0 Å². The molecule has 0 aliphatic heterocycles. The number of hydrogen-bond acceptors (Lipinski definition) is 2. The van der Waals surface area contributed by atoms with Gasteiger partial charge in [0.1, 0.15) is 0 Å². The van der Waals surface area contributed by atoms with E-state index in [1.807, 2.05) is 0 Å². The minimum atomic E-state index is -4.46. The summed E-state index contributed by atoms with van der Waals surface area (Å²) in [5, 5.41) is 3.56. The van der Waals surface area contributed by atoms with Crippen molar-refractivity contribution < 1.29 is 13.2 Å². The van der Waals surface area contributed by atoms with Gasteiger partial charge >= 0.3 is 6.18 Å². The Kier molecular flexibility index (Phi) is 3.66. The molecule has 18 heavy (non-hydrogen) atoms. The molecule has 0 radical (unpaired) electrons. The molecule has 1 aromatic heterocycles. The van der Waals surface area contributed by atoms with Crippen LogP contribution in [0.2, 0.25) is 5.02 Å². The minimum Gasteiger partial charge on any atom is -0.320 e. The standard InChI is InChI=1S/C12H9ClF3NS/c13-8-1-2-9(10(5-8)12(14,15)16)11(17)7-3-4-18-6-7/h1-6,11H,17H2/t11-/m0/s1.